The molecule has 84 valence electrons. The molecule has 3 nitrogen and oxygen atoms in total. The van der Waals surface area contributed by atoms with E-state index in [1.165, 1.54) is 11.1 Å². The third-order valence-corrected chi connectivity index (χ3v) is 2.83. The van der Waals surface area contributed by atoms with Gasteiger partial charge in [-0.15, -0.1) is 0 Å². The summed E-state index contributed by atoms with van der Waals surface area (Å²) in [6.45, 7) is 3.67. The Morgan fingerprint density at radius 3 is 2.69 bits per heavy atom. The van der Waals surface area contributed by atoms with Crippen LogP contribution in [0, 0.1) is 0 Å². The summed E-state index contributed by atoms with van der Waals surface area (Å²) in [5.41, 5.74) is 8.19. The quantitative estimate of drug-likeness (QED) is 0.847. The van der Waals surface area contributed by atoms with E-state index in [1.54, 1.807) is 0 Å². The summed E-state index contributed by atoms with van der Waals surface area (Å²) in [7, 11) is 0. The van der Waals surface area contributed by atoms with Gasteiger partial charge in [0.15, 0.2) is 0 Å². The normalized spacial score (nSPS) is 10.6. The zero-order chi connectivity index (χ0) is 11.4. The lowest BCUT2D eigenvalue weighted by Gasteiger charge is -2.08. The molecule has 0 aliphatic heterocycles. The summed E-state index contributed by atoms with van der Waals surface area (Å²) in [6, 6.07) is 8.27. The number of hydrogen-bond acceptors (Lipinski definition) is 2. The van der Waals surface area contributed by atoms with Crippen LogP contribution < -0.4 is 5.73 Å². The Labute approximate surface area is 95.9 Å². The molecule has 0 aliphatic rings. The van der Waals surface area contributed by atoms with Gasteiger partial charge >= 0.3 is 0 Å². The summed E-state index contributed by atoms with van der Waals surface area (Å²) in [6.07, 6.45) is 4.72. The first kappa shape index (κ1) is 10.9. The van der Waals surface area contributed by atoms with Crippen molar-refractivity contribution in [1.29, 1.82) is 0 Å². The van der Waals surface area contributed by atoms with Gasteiger partial charge in [-0.2, -0.15) is 0 Å². The maximum Gasteiger partial charge on any atom is 0.113 e. The monoisotopic (exact) mass is 215 g/mol. The Morgan fingerprint density at radius 2 is 2.00 bits per heavy atom. The summed E-state index contributed by atoms with van der Waals surface area (Å²) < 4.78 is 2.16. The first-order chi connectivity index (χ1) is 7.85. The van der Waals surface area contributed by atoms with E-state index in [2.05, 4.69) is 28.6 Å². The van der Waals surface area contributed by atoms with E-state index in [1.807, 2.05) is 24.5 Å². The van der Waals surface area contributed by atoms with Crippen molar-refractivity contribution < 1.29 is 0 Å². The Kier molecular flexibility index (Phi) is 3.37. The third kappa shape index (κ3) is 2.14. The molecule has 0 radical (unpaired) electrons. The molecule has 2 aromatic rings. The zero-order valence-corrected chi connectivity index (χ0v) is 9.56. The number of benzene rings is 1. The van der Waals surface area contributed by atoms with Crippen LogP contribution in [0.5, 0.6) is 0 Å². The second-order valence-electron chi connectivity index (χ2n) is 3.78. The molecule has 0 unspecified atom stereocenters. The predicted octanol–water partition coefficient (Wildman–Crippen LogP) is 1.95. The first-order valence-electron chi connectivity index (χ1n) is 5.62. The molecule has 0 aliphatic carbocycles. The minimum Gasteiger partial charge on any atom is -0.335 e. The van der Waals surface area contributed by atoms with Crippen LogP contribution in [-0.4, -0.2) is 9.55 Å². The van der Waals surface area contributed by atoms with Crippen LogP contribution in [0.25, 0.3) is 0 Å². The highest BCUT2D eigenvalue weighted by molar-refractivity contribution is 5.29. The molecule has 0 fully saturated rings. The van der Waals surface area contributed by atoms with Crippen molar-refractivity contribution in [1.82, 2.24) is 9.55 Å². The molecule has 2 rings (SSSR count). The standard InChI is InChI=1S/C13H17N3/c1-2-16-8-7-15-13(16)9-11-5-3-4-6-12(11)10-14/h3-8H,2,9-10,14H2,1H3. The first-order valence-corrected chi connectivity index (χ1v) is 5.62. The molecule has 1 aromatic heterocycles. The lowest BCUT2D eigenvalue weighted by Crippen LogP contribution is -2.06. The third-order valence-electron chi connectivity index (χ3n) is 2.83. The molecule has 16 heavy (non-hydrogen) atoms. The topological polar surface area (TPSA) is 43.8 Å². The molecule has 1 aromatic carbocycles. The summed E-state index contributed by atoms with van der Waals surface area (Å²) in [5.74, 6) is 1.10. The van der Waals surface area contributed by atoms with Crippen LogP contribution >= 0.6 is 0 Å². The van der Waals surface area contributed by atoms with Gasteiger partial charge in [0, 0.05) is 31.9 Å². The van der Waals surface area contributed by atoms with Gasteiger partial charge in [0.05, 0.1) is 0 Å². The van der Waals surface area contributed by atoms with Crippen LogP contribution in [0.4, 0.5) is 0 Å². The lowest BCUT2D eigenvalue weighted by atomic mass is 10.0. The number of nitrogens with two attached hydrogens (primary N) is 1. The van der Waals surface area contributed by atoms with Crippen molar-refractivity contribution in [3.05, 3.63) is 53.6 Å². The van der Waals surface area contributed by atoms with E-state index >= 15 is 0 Å². The van der Waals surface area contributed by atoms with E-state index in [9.17, 15) is 0 Å². The summed E-state index contributed by atoms with van der Waals surface area (Å²) >= 11 is 0. The van der Waals surface area contributed by atoms with Crippen molar-refractivity contribution in [3.63, 3.8) is 0 Å². The molecule has 3 heteroatoms. The predicted molar refractivity (Wildman–Crippen MR) is 65.0 cm³/mol. The maximum atomic E-state index is 5.72. The molecule has 0 saturated heterocycles. The van der Waals surface area contributed by atoms with E-state index < -0.39 is 0 Å². The van der Waals surface area contributed by atoms with Crippen molar-refractivity contribution in [2.75, 3.05) is 0 Å². The molecular formula is C13H17N3. The Balaban J connectivity index is 2.26. The van der Waals surface area contributed by atoms with Crippen LogP contribution in [-0.2, 0) is 19.5 Å². The van der Waals surface area contributed by atoms with Crippen LogP contribution in [0.2, 0.25) is 0 Å². The average molecular weight is 215 g/mol. The fourth-order valence-electron chi connectivity index (χ4n) is 1.89. The fraction of sp³-hybridized carbons (Fsp3) is 0.308. The summed E-state index contributed by atoms with van der Waals surface area (Å²) in [4.78, 5) is 4.38. The van der Waals surface area contributed by atoms with Gasteiger partial charge in [0.1, 0.15) is 5.82 Å². The van der Waals surface area contributed by atoms with Gasteiger partial charge in [-0.05, 0) is 18.1 Å². The highest BCUT2D eigenvalue weighted by Crippen LogP contribution is 2.13. The zero-order valence-electron chi connectivity index (χ0n) is 9.56. The second-order valence-corrected chi connectivity index (χ2v) is 3.78. The Bertz CT molecular complexity index is 460. The molecule has 0 saturated carbocycles. The summed E-state index contributed by atoms with van der Waals surface area (Å²) in [5, 5.41) is 0. The van der Waals surface area contributed by atoms with Crippen molar-refractivity contribution in [3.8, 4) is 0 Å². The number of imidazole rings is 1. The van der Waals surface area contributed by atoms with Crippen LogP contribution in [0.15, 0.2) is 36.7 Å². The van der Waals surface area contributed by atoms with E-state index in [4.69, 9.17) is 5.73 Å². The SMILES string of the molecule is CCn1ccnc1Cc1ccccc1CN. The highest BCUT2D eigenvalue weighted by Gasteiger charge is 2.05. The number of aromatic nitrogens is 2. The number of nitrogens with zero attached hydrogens (tertiary/aromatic N) is 2. The molecule has 0 atom stereocenters. The van der Waals surface area contributed by atoms with Crippen LogP contribution in [0.1, 0.15) is 23.9 Å². The van der Waals surface area contributed by atoms with Gasteiger partial charge in [-0.1, -0.05) is 24.3 Å². The van der Waals surface area contributed by atoms with E-state index in [0.29, 0.717) is 6.54 Å². The van der Waals surface area contributed by atoms with Gasteiger partial charge in [0.2, 0.25) is 0 Å². The molecule has 1 heterocycles. The highest BCUT2D eigenvalue weighted by atomic mass is 15.0. The largest absolute Gasteiger partial charge is 0.335 e. The Hall–Kier alpha value is -1.61. The molecule has 0 amide bonds. The van der Waals surface area contributed by atoms with Gasteiger partial charge in [-0.3, -0.25) is 0 Å². The second kappa shape index (κ2) is 4.94. The van der Waals surface area contributed by atoms with Crippen molar-refractivity contribution >= 4 is 0 Å². The minimum absolute atomic E-state index is 0.586. The molecule has 2 N–H and O–H groups in total. The fourth-order valence-corrected chi connectivity index (χ4v) is 1.89. The molecule has 0 bridgehead atoms. The molecule has 0 spiro atoms. The van der Waals surface area contributed by atoms with Crippen molar-refractivity contribution in [2.45, 2.75) is 26.4 Å². The van der Waals surface area contributed by atoms with E-state index in [-0.39, 0.29) is 0 Å². The van der Waals surface area contributed by atoms with E-state index in [0.717, 1.165) is 18.8 Å². The minimum atomic E-state index is 0.586. The lowest BCUT2D eigenvalue weighted by molar-refractivity contribution is 0.711. The number of rotatable bonds is 4. The van der Waals surface area contributed by atoms with Crippen molar-refractivity contribution in [2.24, 2.45) is 5.73 Å². The maximum absolute atomic E-state index is 5.72. The number of hydrogen-bond donors (Lipinski definition) is 1. The van der Waals surface area contributed by atoms with Crippen LogP contribution in [0.3, 0.4) is 0 Å². The smallest absolute Gasteiger partial charge is 0.113 e. The number of aryl methyl sites for hydroxylation is 1. The average Bonchev–Trinajstić information content (AvgIpc) is 2.77. The molecular weight excluding hydrogens is 198 g/mol. The van der Waals surface area contributed by atoms with Gasteiger partial charge in [-0.25, -0.2) is 4.98 Å². The van der Waals surface area contributed by atoms with Gasteiger partial charge in [0.25, 0.3) is 0 Å². The Morgan fingerprint density at radius 1 is 1.25 bits per heavy atom. The van der Waals surface area contributed by atoms with Gasteiger partial charge < -0.3 is 10.3 Å².